The van der Waals surface area contributed by atoms with Crippen LogP contribution in [-0.2, 0) is 12.8 Å². The van der Waals surface area contributed by atoms with Crippen molar-refractivity contribution in [2.24, 2.45) is 0 Å². The highest BCUT2D eigenvalue weighted by atomic mass is 16.4. The Morgan fingerprint density at radius 3 is 2.40 bits per heavy atom. The zero-order valence-electron chi connectivity index (χ0n) is 13.8. The number of carboxylic acids is 1. The number of nitrogens with zero attached hydrogens (tertiary/aromatic N) is 1. The maximum absolute atomic E-state index is 10.3. The monoisotopic (exact) mass is 336 g/mol. The minimum Gasteiger partial charge on any atom is -0.507 e. The van der Waals surface area contributed by atoms with Gasteiger partial charge in [0, 0.05) is 16.8 Å². The molecule has 0 radical (unpaired) electrons. The van der Waals surface area contributed by atoms with Gasteiger partial charge in [-0.05, 0) is 49.4 Å². The summed E-state index contributed by atoms with van der Waals surface area (Å²) in [5, 5.41) is 18.4. The van der Waals surface area contributed by atoms with E-state index in [0.717, 1.165) is 29.4 Å². The van der Waals surface area contributed by atoms with Gasteiger partial charge in [0.2, 0.25) is 0 Å². The third kappa shape index (κ3) is 3.55. The minimum absolute atomic E-state index is 0.0671. The van der Waals surface area contributed by atoms with Crippen molar-refractivity contribution >= 4 is 22.6 Å². The Kier molecular flexibility index (Phi) is 4.84. The quantitative estimate of drug-likeness (QED) is 0.628. The number of aromatic nitrogens is 1. The van der Waals surface area contributed by atoms with Crippen LogP contribution >= 0.6 is 0 Å². The van der Waals surface area contributed by atoms with E-state index in [-0.39, 0.29) is 11.3 Å². The standard InChI is InChI=1S/C13H14N2.C7H6O3/c14-13-9-5-1-3-7-11(9)15-12-8-4-2-6-10(12)13;8-6-4-2-1-3-5(6)7(9)10/h1,3,5,7H,2,4,6,8H2,(H2,14,15);1-4,8H,(H,9,10). The van der Waals surface area contributed by atoms with Crippen molar-refractivity contribution in [2.45, 2.75) is 25.7 Å². The van der Waals surface area contributed by atoms with Gasteiger partial charge in [0.15, 0.2) is 0 Å². The number of aryl methyl sites for hydroxylation is 1. The van der Waals surface area contributed by atoms with Gasteiger partial charge >= 0.3 is 5.97 Å². The lowest BCUT2D eigenvalue weighted by Gasteiger charge is -2.18. The zero-order valence-corrected chi connectivity index (χ0v) is 13.8. The third-order valence-electron chi connectivity index (χ3n) is 4.35. The van der Waals surface area contributed by atoms with E-state index in [0.29, 0.717) is 0 Å². The van der Waals surface area contributed by atoms with Gasteiger partial charge in [0.05, 0.1) is 5.52 Å². The van der Waals surface area contributed by atoms with Crippen LogP contribution in [0.3, 0.4) is 0 Å². The van der Waals surface area contributed by atoms with Crippen LogP contribution in [0.25, 0.3) is 10.9 Å². The molecule has 128 valence electrons. The predicted octanol–water partition coefficient (Wildman–Crippen LogP) is 3.79. The summed E-state index contributed by atoms with van der Waals surface area (Å²) in [5.74, 6) is -1.31. The smallest absolute Gasteiger partial charge is 0.339 e. The van der Waals surface area contributed by atoms with Crippen LogP contribution < -0.4 is 5.73 Å². The molecule has 1 aliphatic carbocycles. The Bertz CT molecular complexity index is 922. The van der Waals surface area contributed by atoms with E-state index < -0.39 is 5.97 Å². The third-order valence-corrected chi connectivity index (χ3v) is 4.35. The number of rotatable bonds is 1. The van der Waals surface area contributed by atoms with Crippen LogP contribution in [-0.4, -0.2) is 21.2 Å². The number of fused-ring (bicyclic) bond motifs is 2. The number of anilines is 1. The van der Waals surface area contributed by atoms with Crippen molar-refractivity contribution < 1.29 is 15.0 Å². The van der Waals surface area contributed by atoms with Crippen LogP contribution in [0.5, 0.6) is 5.75 Å². The lowest BCUT2D eigenvalue weighted by Crippen LogP contribution is -2.09. The van der Waals surface area contributed by atoms with Gasteiger partial charge in [0.25, 0.3) is 0 Å². The average Bonchev–Trinajstić information content (AvgIpc) is 2.63. The normalized spacial score (nSPS) is 12.8. The molecule has 0 atom stereocenters. The van der Waals surface area contributed by atoms with Crippen LogP contribution in [0.4, 0.5) is 5.69 Å². The predicted molar refractivity (Wildman–Crippen MR) is 97.9 cm³/mol. The molecule has 0 aliphatic heterocycles. The Morgan fingerprint density at radius 2 is 1.68 bits per heavy atom. The van der Waals surface area contributed by atoms with E-state index in [1.807, 2.05) is 18.2 Å². The summed E-state index contributed by atoms with van der Waals surface area (Å²) >= 11 is 0. The molecule has 1 aromatic heterocycles. The van der Waals surface area contributed by atoms with E-state index >= 15 is 0 Å². The highest BCUT2D eigenvalue weighted by molar-refractivity contribution is 5.92. The number of carboxylic acid groups (broad SMARTS) is 1. The topological polar surface area (TPSA) is 96.4 Å². The van der Waals surface area contributed by atoms with E-state index in [4.69, 9.17) is 20.9 Å². The summed E-state index contributed by atoms with van der Waals surface area (Å²) in [6.07, 6.45) is 4.68. The molecule has 5 nitrogen and oxygen atoms in total. The number of pyridine rings is 1. The van der Waals surface area contributed by atoms with Gasteiger partial charge in [-0.15, -0.1) is 0 Å². The van der Waals surface area contributed by atoms with E-state index in [2.05, 4.69) is 6.07 Å². The second-order valence-corrected chi connectivity index (χ2v) is 6.00. The first kappa shape index (κ1) is 16.8. The maximum atomic E-state index is 10.3. The SMILES string of the molecule is Nc1c2c(nc3ccccc13)CCCC2.O=C(O)c1ccccc1O. The van der Waals surface area contributed by atoms with Gasteiger partial charge < -0.3 is 15.9 Å². The van der Waals surface area contributed by atoms with Crippen molar-refractivity contribution in [1.82, 2.24) is 4.98 Å². The number of para-hydroxylation sites is 2. The van der Waals surface area contributed by atoms with Crippen molar-refractivity contribution in [1.29, 1.82) is 0 Å². The lowest BCUT2D eigenvalue weighted by atomic mass is 9.93. The fourth-order valence-corrected chi connectivity index (χ4v) is 3.06. The molecule has 3 aromatic rings. The summed E-state index contributed by atoms with van der Waals surface area (Å²) < 4.78 is 0. The molecule has 4 N–H and O–H groups in total. The second kappa shape index (κ2) is 7.21. The first-order valence-electron chi connectivity index (χ1n) is 8.25. The number of nitrogens with two attached hydrogens (primary N) is 1. The van der Waals surface area contributed by atoms with Crippen molar-refractivity contribution in [2.75, 3.05) is 5.73 Å². The molecule has 25 heavy (non-hydrogen) atoms. The maximum Gasteiger partial charge on any atom is 0.339 e. The summed E-state index contributed by atoms with van der Waals surface area (Å²) in [6, 6.07) is 14.0. The second-order valence-electron chi connectivity index (χ2n) is 6.00. The molecule has 0 unspecified atom stereocenters. The molecule has 1 heterocycles. The Morgan fingerprint density at radius 1 is 1.00 bits per heavy atom. The van der Waals surface area contributed by atoms with E-state index in [1.54, 1.807) is 12.1 Å². The number of hydrogen-bond acceptors (Lipinski definition) is 4. The molecule has 1 aliphatic rings. The molecular weight excluding hydrogens is 316 g/mol. The summed E-state index contributed by atoms with van der Waals surface area (Å²) in [6.45, 7) is 0. The average molecular weight is 336 g/mol. The fourth-order valence-electron chi connectivity index (χ4n) is 3.06. The molecule has 0 spiro atoms. The van der Waals surface area contributed by atoms with Gasteiger partial charge in [-0.3, -0.25) is 4.98 Å². The molecule has 2 aromatic carbocycles. The van der Waals surface area contributed by atoms with Crippen molar-refractivity contribution in [3.63, 3.8) is 0 Å². The number of aromatic hydroxyl groups is 1. The Labute approximate surface area is 145 Å². The molecule has 5 heteroatoms. The van der Waals surface area contributed by atoms with E-state index in [9.17, 15) is 4.79 Å². The zero-order chi connectivity index (χ0) is 17.8. The molecule has 0 saturated heterocycles. The Balaban J connectivity index is 0.000000160. The minimum atomic E-state index is -1.11. The number of benzene rings is 2. The Hall–Kier alpha value is -3.08. The van der Waals surface area contributed by atoms with Crippen LogP contribution in [0.2, 0.25) is 0 Å². The molecule has 4 rings (SSSR count). The van der Waals surface area contributed by atoms with E-state index in [1.165, 1.54) is 36.2 Å². The number of carbonyl (C=O) groups is 1. The van der Waals surface area contributed by atoms with Crippen LogP contribution in [0.15, 0.2) is 48.5 Å². The molecular formula is C20H20N2O3. The van der Waals surface area contributed by atoms with Gasteiger partial charge in [-0.25, -0.2) is 4.79 Å². The number of aromatic carboxylic acids is 1. The number of phenols is 1. The van der Waals surface area contributed by atoms with Crippen molar-refractivity contribution in [3.8, 4) is 5.75 Å². The fraction of sp³-hybridized carbons (Fsp3) is 0.200. The molecule has 0 bridgehead atoms. The first-order valence-corrected chi connectivity index (χ1v) is 8.25. The highest BCUT2D eigenvalue weighted by Gasteiger charge is 2.15. The molecule has 0 amide bonds. The van der Waals surface area contributed by atoms with Gasteiger partial charge in [0.1, 0.15) is 11.3 Å². The number of hydrogen-bond donors (Lipinski definition) is 3. The molecule has 0 fully saturated rings. The largest absolute Gasteiger partial charge is 0.507 e. The van der Waals surface area contributed by atoms with Crippen LogP contribution in [0, 0.1) is 0 Å². The van der Waals surface area contributed by atoms with Gasteiger partial charge in [-0.1, -0.05) is 30.3 Å². The lowest BCUT2D eigenvalue weighted by molar-refractivity contribution is 0.0693. The summed E-state index contributed by atoms with van der Waals surface area (Å²) in [7, 11) is 0. The van der Waals surface area contributed by atoms with Gasteiger partial charge in [-0.2, -0.15) is 0 Å². The molecule has 0 saturated carbocycles. The summed E-state index contributed by atoms with van der Waals surface area (Å²) in [5.41, 5.74) is 10.6. The number of nitrogen functional groups attached to an aromatic ring is 1. The summed E-state index contributed by atoms with van der Waals surface area (Å²) in [4.78, 5) is 15.0. The first-order chi connectivity index (χ1) is 12.1. The van der Waals surface area contributed by atoms with Crippen LogP contribution in [0.1, 0.15) is 34.5 Å². The highest BCUT2D eigenvalue weighted by Crippen LogP contribution is 2.30. The van der Waals surface area contributed by atoms with Crippen molar-refractivity contribution in [3.05, 3.63) is 65.4 Å².